The second-order valence-electron chi connectivity index (χ2n) is 14.6. The smallest absolute Gasteiger partial charge is 0.329 e. The molecule has 19 heteroatoms. The van der Waals surface area contributed by atoms with E-state index in [1.807, 2.05) is 0 Å². The van der Waals surface area contributed by atoms with E-state index >= 15 is 0 Å². The summed E-state index contributed by atoms with van der Waals surface area (Å²) in [4.78, 5) is 100. The van der Waals surface area contributed by atoms with Gasteiger partial charge in [0.2, 0.25) is 29.5 Å². The number of esters is 1. The highest BCUT2D eigenvalue weighted by Gasteiger charge is 2.46. The van der Waals surface area contributed by atoms with E-state index < -0.39 is 122 Å². The van der Waals surface area contributed by atoms with Crippen molar-refractivity contribution in [3.63, 3.8) is 0 Å². The fourth-order valence-electron chi connectivity index (χ4n) is 7.76. The number of carbonyl (C=O) groups is 7. The maximum Gasteiger partial charge on any atom is 0.329 e. The number of urea groups is 1. The second kappa shape index (κ2) is 18.1. The van der Waals surface area contributed by atoms with Crippen LogP contribution in [-0.4, -0.2) is 125 Å². The molecule has 0 spiro atoms. The first-order valence-electron chi connectivity index (χ1n) is 18.8. The Morgan fingerprint density at radius 3 is 2.26 bits per heavy atom. The van der Waals surface area contributed by atoms with Crippen LogP contribution in [0.4, 0.5) is 23.7 Å². The van der Waals surface area contributed by atoms with Crippen molar-refractivity contribution in [3.8, 4) is 0 Å². The van der Waals surface area contributed by atoms with Crippen LogP contribution in [0.3, 0.4) is 0 Å². The molecule has 57 heavy (non-hydrogen) atoms. The van der Waals surface area contributed by atoms with Crippen LogP contribution < -0.4 is 21.3 Å². The average Bonchev–Trinajstić information content (AvgIpc) is 3.82. The number of nitrogens with one attached hydrogen (secondary N) is 4. The summed E-state index contributed by atoms with van der Waals surface area (Å²) in [5.74, 6) is -6.64. The van der Waals surface area contributed by atoms with Crippen molar-refractivity contribution >= 4 is 69.8 Å². The van der Waals surface area contributed by atoms with E-state index in [1.165, 1.54) is 16.7 Å². The van der Waals surface area contributed by atoms with Gasteiger partial charge in [0.15, 0.2) is 0 Å². The lowest BCUT2D eigenvalue weighted by Crippen LogP contribution is -2.62. The number of anilines is 1. The highest BCUT2D eigenvalue weighted by molar-refractivity contribution is 14.1. The molecule has 4 N–H and O–H groups in total. The number of fused-ring (bicyclic) bond motifs is 3. The summed E-state index contributed by atoms with van der Waals surface area (Å²) in [7, 11) is 0. The lowest BCUT2D eigenvalue weighted by molar-refractivity contribution is -0.158. The second-order valence-corrected chi connectivity index (χ2v) is 15.9. The van der Waals surface area contributed by atoms with Gasteiger partial charge in [-0.2, -0.15) is 0 Å². The van der Waals surface area contributed by atoms with Gasteiger partial charge in [0.25, 0.3) is 0 Å². The van der Waals surface area contributed by atoms with E-state index in [9.17, 15) is 46.7 Å². The number of alkyl halides is 1. The molecule has 0 saturated carbocycles. The Morgan fingerprint density at radius 1 is 0.877 bits per heavy atom. The Labute approximate surface area is 339 Å². The molecular weight excluding hydrogens is 866 g/mol. The fourth-order valence-corrected chi connectivity index (χ4v) is 8.12. The molecule has 4 saturated heterocycles. The number of rotatable bonds is 6. The van der Waals surface area contributed by atoms with E-state index in [1.54, 1.807) is 24.3 Å². The van der Waals surface area contributed by atoms with Gasteiger partial charge in [-0.05, 0) is 104 Å². The largest absolute Gasteiger partial charge is 0.461 e. The van der Waals surface area contributed by atoms with E-state index in [2.05, 4.69) is 43.9 Å². The molecule has 0 aliphatic carbocycles. The molecule has 15 nitrogen and oxygen atoms in total. The third-order valence-electron chi connectivity index (χ3n) is 10.5. The summed E-state index contributed by atoms with van der Waals surface area (Å²) < 4.78 is 49.7. The maximum absolute atomic E-state index is 14.8. The molecule has 4 aliphatic rings. The minimum Gasteiger partial charge on any atom is -0.461 e. The van der Waals surface area contributed by atoms with Crippen LogP contribution in [0, 0.1) is 15.2 Å². The highest BCUT2D eigenvalue weighted by Crippen LogP contribution is 2.27. The number of hydrogen-bond acceptors (Lipinski definition) is 8. The molecule has 0 bridgehead atoms. The Kier molecular flexibility index (Phi) is 13.2. The summed E-state index contributed by atoms with van der Waals surface area (Å²) in [6.45, 7) is 0.420. The molecule has 4 heterocycles. The summed E-state index contributed by atoms with van der Waals surface area (Å²) >= 11 is 2.08. The van der Waals surface area contributed by atoms with Crippen LogP contribution in [0.1, 0.15) is 51.0 Å². The number of piperidine rings is 1. The number of carbonyl (C=O) groups excluding carboxylic acids is 7. The van der Waals surface area contributed by atoms with Gasteiger partial charge in [-0.1, -0.05) is 0 Å². The zero-order valence-corrected chi connectivity index (χ0v) is 33.1. The van der Waals surface area contributed by atoms with E-state index in [0.717, 1.165) is 20.6 Å². The molecule has 7 amide bonds. The predicted molar refractivity (Wildman–Crippen MR) is 205 cm³/mol. The van der Waals surface area contributed by atoms with E-state index in [-0.39, 0.29) is 25.1 Å². The zero-order valence-electron chi connectivity index (χ0n) is 31.0. The molecule has 6 rings (SSSR count). The van der Waals surface area contributed by atoms with E-state index in [0.29, 0.717) is 37.4 Å². The molecule has 0 unspecified atom stereocenters. The van der Waals surface area contributed by atoms with Gasteiger partial charge in [-0.3, -0.25) is 24.0 Å². The average molecular weight is 910 g/mol. The van der Waals surface area contributed by atoms with Gasteiger partial charge in [0, 0.05) is 41.3 Å². The zero-order chi connectivity index (χ0) is 41.0. The van der Waals surface area contributed by atoms with Crippen LogP contribution in [0.15, 0.2) is 42.5 Å². The van der Waals surface area contributed by atoms with Crippen LogP contribution in [-0.2, 0) is 39.9 Å². The molecule has 0 aromatic heterocycles. The van der Waals surface area contributed by atoms with Gasteiger partial charge < -0.3 is 40.7 Å². The topological polar surface area (TPSA) is 187 Å². The fraction of sp³-hybridized carbons (Fsp3) is 0.500. The van der Waals surface area contributed by atoms with Crippen molar-refractivity contribution in [3.05, 3.63) is 63.2 Å². The summed E-state index contributed by atoms with van der Waals surface area (Å²) in [6.07, 6.45) is -0.334. The van der Waals surface area contributed by atoms with Gasteiger partial charge in [0.05, 0.1) is 6.54 Å². The predicted octanol–water partition coefficient (Wildman–Crippen LogP) is 2.16. The van der Waals surface area contributed by atoms with Gasteiger partial charge in [-0.15, -0.1) is 0 Å². The number of hydrogen-bond donors (Lipinski definition) is 4. The Morgan fingerprint density at radius 2 is 1.54 bits per heavy atom. The summed E-state index contributed by atoms with van der Waals surface area (Å²) in [5, 5.41) is 10.2. The summed E-state index contributed by atoms with van der Waals surface area (Å²) in [6, 6.07) is 0.567. The van der Waals surface area contributed by atoms with Gasteiger partial charge in [0.1, 0.15) is 60.7 Å². The van der Waals surface area contributed by atoms with Crippen LogP contribution in [0.5, 0.6) is 0 Å². The standard InChI is InChI=1S/C38H43F3IN7O8/c1-20-34(52)49-18-24(41)17-31(49)37(55)57-19-28(35(53)48-12-4-6-30(48)36(54)47-11-3-2-5-29(47)33(51)43-20)45-32(50)27(15-21-13-22(39)16-23(40)14-21)46-38(56)44-26-9-7-25(42)8-10-26/h7-10,13-14,16,20,24,27-31H,2-6,11-12,15,17-19H2,1H3,(H,43,51)(H,45,50)(H2,44,46,56)/t20-,24+,27-,28-,29-,30-,31-/m0/s1. The maximum atomic E-state index is 14.8. The first kappa shape index (κ1) is 41.7. The molecule has 7 atom stereocenters. The number of cyclic esters (lactones) is 1. The number of benzene rings is 2. The third-order valence-corrected chi connectivity index (χ3v) is 11.3. The number of nitrogens with zero attached hydrogens (tertiary/aromatic N) is 3. The number of amides is 7. The molecule has 4 fully saturated rings. The van der Waals surface area contributed by atoms with Crippen molar-refractivity contribution in [2.75, 3.05) is 31.6 Å². The lowest BCUT2D eigenvalue weighted by atomic mass is 9.99. The number of halogens is 4. The lowest BCUT2D eigenvalue weighted by Gasteiger charge is -2.39. The molecule has 2 aromatic carbocycles. The molecule has 2 aromatic rings. The number of ether oxygens (including phenoxy) is 1. The van der Waals surface area contributed by atoms with E-state index in [4.69, 9.17) is 4.74 Å². The minimum absolute atomic E-state index is 0.00992. The molecule has 4 aliphatic heterocycles. The normalized spacial score (nSPS) is 26.5. The van der Waals surface area contributed by atoms with Crippen LogP contribution in [0.25, 0.3) is 0 Å². The Bertz CT molecular complexity index is 1890. The van der Waals surface area contributed by atoms with Gasteiger partial charge >= 0.3 is 12.0 Å². The first-order chi connectivity index (χ1) is 27.2. The third kappa shape index (κ3) is 9.96. The van der Waals surface area contributed by atoms with Crippen LogP contribution >= 0.6 is 22.6 Å². The SMILES string of the molecule is C[C@@H]1NC(=O)[C@@H]2CCCCN2C(=O)[C@@H]2CCCN2C(=O)[C@@H](NC(=O)[C@H](Cc2cc(F)cc(F)c2)NC(=O)Nc2ccc(I)cc2)COC(=O)[C@@H]2C[C@@H](F)CN2C1=O. The molecule has 306 valence electrons. The van der Waals surface area contributed by atoms with Crippen molar-refractivity contribution in [2.45, 2.75) is 94.3 Å². The molecule has 0 radical (unpaired) electrons. The van der Waals surface area contributed by atoms with Crippen molar-refractivity contribution < 1.29 is 51.5 Å². The quantitative estimate of drug-likeness (QED) is 0.251. The monoisotopic (exact) mass is 909 g/mol. The van der Waals surface area contributed by atoms with Crippen molar-refractivity contribution in [2.24, 2.45) is 0 Å². The van der Waals surface area contributed by atoms with Crippen molar-refractivity contribution in [1.29, 1.82) is 0 Å². The summed E-state index contributed by atoms with van der Waals surface area (Å²) in [5.41, 5.74) is 0.357. The highest BCUT2D eigenvalue weighted by atomic mass is 127. The van der Waals surface area contributed by atoms with Gasteiger partial charge in [-0.25, -0.2) is 22.8 Å². The van der Waals surface area contributed by atoms with Crippen LogP contribution in [0.2, 0.25) is 0 Å². The Hall–Kier alpha value is -4.95. The minimum atomic E-state index is -1.68. The first-order valence-corrected chi connectivity index (χ1v) is 19.9. The van der Waals surface area contributed by atoms with Crippen molar-refractivity contribution in [1.82, 2.24) is 30.7 Å². The molecular formula is C38H43F3IN7O8. The Balaban J connectivity index is 1.31.